The molecule has 134 valence electrons. The number of likely N-dealkylation sites (N-methyl/N-ethyl adjacent to an activating group) is 1. The predicted octanol–water partition coefficient (Wildman–Crippen LogP) is 3.11. The molecule has 0 aromatic heterocycles. The number of ether oxygens (including phenoxy) is 2. The Balaban J connectivity index is 1.86. The number of hydrogen-bond donors (Lipinski definition) is 1. The second kappa shape index (κ2) is 9.30. The summed E-state index contributed by atoms with van der Waals surface area (Å²) in [4.78, 5) is 14.0. The summed E-state index contributed by atoms with van der Waals surface area (Å²) in [5.74, 6) is 1.31. The van der Waals surface area contributed by atoms with E-state index < -0.39 is 0 Å². The first kappa shape index (κ1) is 19.1. The molecule has 0 radical (unpaired) electrons. The van der Waals surface area contributed by atoms with Gasteiger partial charge < -0.3 is 14.8 Å². The largest absolute Gasteiger partial charge is 0.493 e. The molecular formula is C19H23ClN2O3. The molecule has 0 aliphatic rings. The van der Waals surface area contributed by atoms with Crippen LogP contribution < -0.4 is 14.8 Å². The van der Waals surface area contributed by atoms with Crippen LogP contribution in [0.3, 0.4) is 0 Å². The van der Waals surface area contributed by atoms with Crippen molar-refractivity contribution < 1.29 is 14.3 Å². The molecule has 0 fully saturated rings. The topological polar surface area (TPSA) is 50.8 Å². The smallest absolute Gasteiger partial charge is 0.234 e. The Morgan fingerprint density at radius 1 is 1.12 bits per heavy atom. The summed E-state index contributed by atoms with van der Waals surface area (Å²) in [7, 11) is 5.10. The zero-order valence-corrected chi connectivity index (χ0v) is 15.5. The van der Waals surface area contributed by atoms with Crippen molar-refractivity contribution in [3.63, 3.8) is 0 Å². The number of carbonyl (C=O) groups is 1. The molecule has 2 rings (SSSR count). The monoisotopic (exact) mass is 362 g/mol. The number of rotatable bonds is 8. The average Bonchev–Trinajstić information content (AvgIpc) is 2.60. The molecule has 2 aromatic carbocycles. The number of methoxy groups -OCH3 is 2. The molecule has 0 aliphatic carbocycles. The first-order chi connectivity index (χ1) is 12.0. The van der Waals surface area contributed by atoms with E-state index in [9.17, 15) is 4.79 Å². The number of benzene rings is 2. The molecule has 1 amide bonds. The SMILES string of the molecule is COc1ccc(CN(C)CC(=O)NCc2ccccc2Cl)cc1OC. The van der Waals surface area contributed by atoms with E-state index >= 15 is 0 Å². The van der Waals surface area contributed by atoms with Gasteiger partial charge in [-0.05, 0) is 36.4 Å². The number of halogens is 1. The van der Waals surface area contributed by atoms with E-state index in [4.69, 9.17) is 21.1 Å². The summed E-state index contributed by atoms with van der Waals surface area (Å²) in [6.45, 7) is 1.33. The third kappa shape index (κ3) is 5.66. The Hall–Kier alpha value is -2.24. The first-order valence-corrected chi connectivity index (χ1v) is 8.31. The highest BCUT2D eigenvalue weighted by Gasteiger charge is 2.10. The summed E-state index contributed by atoms with van der Waals surface area (Å²) < 4.78 is 10.5. The zero-order chi connectivity index (χ0) is 18.2. The van der Waals surface area contributed by atoms with Crippen LogP contribution in [0.5, 0.6) is 11.5 Å². The summed E-state index contributed by atoms with van der Waals surface area (Å²) in [5, 5.41) is 3.54. The van der Waals surface area contributed by atoms with Crippen LogP contribution in [0, 0.1) is 0 Å². The summed E-state index contributed by atoms with van der Waals surface area (Å²) in [6.07, 6.45) is 0. The minimum absolute atomic E-state index is 0.0529. The molecular weight excluding hydrogens is 340 g/mol. The second-order valence-electron chi connectivity index (χ2n) is 5.73. The fraction of sp³-hybridized carbons (Fsp3) is 0.316. The Labute approximate surface area is 153 Å². The van der Waals surface area contributed by atoms with Gasteiger partial charge in [-0.25, -0.2) is 0 Å². The van der Waals surface area contributed by atoms with Crippen molar-refractivity contribution in [1.82, 2.24) is 10.2 Å². The molecule has 5 nitrogen and oxygen atoms in total. The number of hydrogen-bond acceptors (Lipinski definition) is 4. The Morgan fingerprint density at radius 2 is 1.84 bits per heavy atom. The highest BCUT2D eigenvalue weighted by atomic mass is 35.5. The number of carbonyl (C=O) groups excluding carboxylic acids is 1. The molecule has 0 saturated carbocycles. The zero-order valence-electron chi connectivity index (χ0n) is 14.7. The number of amides is 1. The van der Waals surface area contributed by atoms with E-state index in [1.54, 1.807) is 14.2 Å². The van der Waals surface area contributed by atoms with Crippen LogP contribution in [0.15, 0.2) is 42.5 Å². The van der Waals surface area contributed by atoms with E-state index in [-0.39, 0.29) is 5.91 Å². The van der Waals surface area contributed by atoms with Crippen molar-refractivity contribution in [3.8, 4) is 11.5 Å². The van der Waals surface area contributed by atoms with Gasteiger partial charge in [0, 0.05) is 18.1 Å². The van der Waals surface area contributed by atoms with Gasteiger partial charge in [-0.3, -0.25) is 9.69 Å². The van der Waals surface area contributed by atoms with Crippen LogP contribution in [0.25, 0.3) is 0 Å². The van der Waals surface area contributed by atoms with Crippen LogP contribution >= 0.6 is 11.6 Å². The third-order valence-electron chi connectivity index (χ3n) is 3.75. The summed E-state index contributed by atoms with van der Waals surface area (Å²) in [5.41, 5.74) is 1.94. The number of nitrogens with one attached hydrogen (secondary N) is 1. The van der Waals surface area contributed by atoms with Gasteiger partial charge in [0.15, 0.2) is 11.5 Å². The van der Waals surface area contributed by atoms with Gasteiger partial charge in [0.1, 0.15) is 0 Å². The molecule has 0 unspecified atom stereocenters. The lowest BCUT2D eigenvalue weighted by Gasteiger charge is -2.17. The second-order valence-corrected chi connectivity index (χ2v) is 6.14. The van der Waals surface area contributed by atoms with Crippen LogP contribution in [0.1, 0.15) is 11.1 Å². The lowest BCUT2D eigenvalue weighted by atomic mass is 10.2. The Bertz CT molecular complexity index is 722. The Kier molecular flexibility index (Phi) is 7.10. The first-order valence-electron chi connectivity index (χ1n) is 7.93. The average molecular weight is 363 g/mol. The molecule has 2 aromatic rings. The van der Waals surface area contributed by atoms with Crippen LogP contribution in [0.4, 0.5) is 0 Å². The minimum atomic E-state index is -0.0529. The maximum absolute atomic E-state index is 12.1. The van der Waals surface area contributed by atoms with Gasteiger partial charge in [-0.15, -0.1) is 0 Å². The van der Waals surface area contributed by atoms with Crippen molar-refractivity contribution in [2.45, 2.75) is 13.1 Å². The molecule has 25 heavy (non-hydrogen) atoms. The Morgan fingerprint density at radius 3 is 2.52 bits per heavy atom. The maximum atomic E-state index is 12.1. The molecule has 0 saturated heterocycles. The molecule has 0 aliphatic heterocycles. The highest BCUT2D eigenvalue weighted by Crippen LogP contribution is 2.27. The van der Waals surface area contributed by atoms with E-state index in [2.05, 4.69) is 5.32 Å². The normalized spacial score (nSPS) is 10.6. The van der Waals surface area contributed by atoms with Crippen molar-refractivity contribution >= 4 is 17.5 Å². The van der Waals surface area contributed by atoms with Gasteiger partial charge in [-0.1, -0.05) is 35.9 Å². The molecule has 0 heterocycles. The van der Waals surface area contributed by atoms with Gasteiger partial charge in [0.05, 0.1) is 20.8 Å². The molecule has 0 bridgehead atoms. The molecule has 6 heteroatoms. The maximum Gasteiger partial charge on any atom is 0.234 e. The number of nitrogens with zero attached hydrogens (tertiary/aromatic N) is 1. The van der Waals surface area contributed by atoms with E-state index in [0.29, 0.717) is 36.2 Å². The van der Waals surface area contributed by atoms with E-state index in [1.807, 2.05) is 54.4 Å². The lowest BCUT2D eigenvalue weighted by molar-refractivity contribution is -0.122. The van der Waals surface area contributed by atoms with Crippen molar-refractivity contribution in [2.75, 3.05) is 27.8 Å². The van der Waals surface area contributed by atoms with Gasteiger partial charge in [0.2, 0.25) is 5.91 Å². The standard InChI is InChI=1S/C19H23ClN2O3/c1-22(12-14-8-9-17(24-2)18(10-14)25-3)13-19(23)21-11-15-6-4-5-7-16(15)20/h4-10H,11-13H2,1-3H3,(H,21,23). The van der Waals surface area contributed by atoms with E-state index in [1.165, 1.54) is 0 Å². The predicted molar refractivity (Wildman–Crippen MR) is 99.2 cm³/mol. The third-order valence-corrected chi connectivity index (χ3v) is 4.12. The lowest BCUT2D eigenvalue weighted by Crippen LogP contribution is -2.34. The van der Waals surface area contributed by atoms with Crippen LogP contribution in [-0.4, -0.2) is 38.6 Å². The van der Waals surface area contributed by atoms with Gasteiger partial charge in [-0.2, -0.15) is 0 Å². The van der Waals surface area contributed by atoms with Crippen LogP contribution in [0.2, 0.25) is 5.02 Å². The molecule has 0 spiro atoms. The van der Waals surface area contributed by atoms with Crippen LogP contribution in [-0.2, 0) is 17.9 Å². The van der Waals surface area contributed by atoms with Gasteiger partial charge in [0.25, 0.3) is 0 Å². The fourth-order valence-corrected chi connectivity index (χ4v) is 2.69. The van der Waals surface area contributed by atoms with E-state index in [0.717, 1.165) is 11.1 Å². The van der Waals surface area contributed by atoms with Gasteiger partial charge >= 0.3 is 0 Å². The highest BCUT2D eigenvalue weighted by molar-refractivity contribution is 6.31. The molecule has 1 N–H and O–H groups in total. The molecule has 0 atom stereocenters. The van der Waals surface area contributed by atoms with Crippen molar-refractivity contribution in [1.29, 1.82) is 0 Å². The van der Waals surface area contributed by atoms with Crippen molar-refractivity contribution in [2.24, 2.45) is 0 Å². The fourth-order valence-electron chi connectivity index (χ4n) is 2.48. The summed E-state index contributed by atoms with van der Waals surface area (Å²) in [6, 6.07) is 13.2. The van der Waals surface area contributed by atoms with Crippen molar-refractivity contribution in [3.05, 3.63) is 58.6 Å². The quantitative estimate of drug-likeness (QED) is 0.784. The summed E-state index contributed by atoms with van der Waals surface area (Å²) >= 11 is 6.09. The minimum Gasteiger partial charge on any atom is -0.493 e.